The molecule has 0 bridgehead atoms. The summed E-state index contributed by atoms with van der Waals surface area (Å²) in [5, 5.41) is 6.73. The average molecular weight is 447 g/mol. The Balaban J connectivity index is 1.66. The Bertz CT molecular complexity index is 1000. The molecule has 2 aromatic carbocycles. The summed E-state index contributed by atoms with van der Waals surface area (Å²) in [4.78, 5) is 16.7. The molecular formula is C23H24F3N3O3. The second-order valence-corrected chi connectivity index (χ2v) is 7.44. The van der Waals surface area contributed by atoms with Gasteiger partial charge < -0.3 is 14.6 Å². The maximum absolute atomic E-state index is 12.8. The lowest BCUT2D eigenvalue weighted by atomic mass is 9.99. The first-order chi connectivity index (χ1) is 15.3. The SMILES string of the molecule is CC[C@H](C)[C@@H](NC(=O)COCc1ccccc1)c1nc(-c2ccc(C(F)(F)F)cc2)no1. The molecule has 3 rings (SSSR count). The minimum Gasteiger partial charge on any atom is -0.367 e. The number of rotatable bonds is 9. The first-order valence-corrected chi connectivity index (χ1v) is 10.2. The summed E-state index contributed by atoms with van der Waals surface area (Å²) in [5.41, 5.74) is 0.579. The Morgan fingerprint density at radius 3 is 2.44 bits per heavy atom. The van der Waals surface area contributed by atoms with E-state index in [2.05, 4.69) is 15.5 Å². The van der Waals surface area contributed by atoms with E-state index in [0.717, 1.165) is 24.1 Å². The van der Waals surface area contributed by atoms with E-state index in [-0.39, 0.29) is 30.1 Å². The number of ether oxygens (including phenoxy) is 1. The largest absolute Gasteiger partial charge is 0.416 e. The normalized spacial score (nSPS) is 13.5. The number of carbonyl (C=O) groups excluding carboxylic acids is 1. The fraction of sp³-hybridized carbons (Fsp3) is 0.348. The molecule has 0 aliphatic rings. The molecule has 0 fully saturated rings. The smallest absolute Gasteiger partial charge is 0.367 e. The number of carbonyl (C=O) groups is 1. The third kappa shape index (κ3) is 6.16. The molecule has 3 aromatic rings. The molecule has 0 saturated carbocycles. The van der Waals surface area contributed by atoms with E-state index in [1.165, 1.54) is 12.1 Å². The van der Waals surface area contributed by atoms with Crippen molar-refractivity contribution in [1.82, 2.24) is 15.5 Å². The van der Waals surface area contributed by atoms with Crippen molar-refractivity contribution in [1.29, 1.82) is 0 Å². The van der Waals surface area contributed by atoms with Crippen LogP contribution in [-0.4, -0.2) is 22.7 Å². The Kier molecular flexibility index (Phi) is 7.63. The fourth-order valence-electron chi connectivity index (χ4n) is 3.02. The monoisotopic (exact) mass is 447 g/mol. The molecule has 1 amide bonds. The minimum atomic E-state index is -4.42. The topological polar surface area (TPSA) is 77.2 Å². The highest BCUT2D eigenvalue weighted by molar-refractivity contribution is 5.77. The van der Waals surface area contributed by atoms with Crippen molar-refractivity contribution in [3.63, 3.8) is 0 Å². The van der Waals surface area contributed by atoms with Crippen molar-refractivity contribution >= 4 is 5.91 Å². The van der Waals surface area contributed by atoms with Crippen LogP contribution in [0.15, 0.2) is 59.1 Å². The van der Waals surface area contributed by atoms with Gasteiger partial charge in [0.15, 0.2) is 0 Å². The molecule has 32 heavy (non-hydrogen) atoms. The van der Waals surface area contributed by atoms with E-state index in [4.69, 9.17) is 9.26 Å². The summed E-state index contributed by atoms with van der Waals surface area (Å²) >= 11 is 0. The molecule has 170 valence electrons. The Morgan fingerprint density at radius 2 is 1.81 bits per heavy atom. The van der Waals surface area contributed by atoms with Crippen molar-refractivity contribution in [2.24, 2.45) is 5.92 Å². The zero-order valence-corrected chi connectivity index (χ0v) is 17.7. The van der Waals surface area contributed by atoms with Crippen LogP contribution in [0.4, 0.5) is 13.2 Å². The molecular weight excluding hydrogens is 423 g/mol. The van der Waals surface area contributed by atoms with E-state index in [1.54, 1.807) is 0 Å². The van der Waals surface area contributed by atoms with Gasteiger partial charge in [0.25, 0.3) is 0 Å². The maximum atomic E-state index is 12.8. The van der Waals surface area contributed by atoms with Gasteiger partial charge in [-0.3, -0.25) is 4.79 Å². The van der Waals surface area contributed by atoms with Gasteiger partial charge in [-0.15, -0.1) is 0 Å². The van der Waals surface area contributed by atoms with Gasteiger partial charge in [0, 0.05) is 5.56 Å². The molecule has 0 saturated heterocycles. The lowest BCUT2D eigenvalue weighted by Crippen LogP contribution is -2.35. The van der Waals surface area contributed by atoms with Crippen molar-refractivity contribution in [2.45, 2.75) is 39.1 Å². The average Bonchev–Trinajstić information content (AvgIpc) is 3.27. The lowest BCUT2D eigenvalue weighted by Gasteiger charge is -2.20. The van der Waals surface area contributed by atoms with E-state index < -0.39 is 17.8 Å². The van der Waals surface area contributed by atoms with Crippen LogP contribution in [0, 0.1) is 5.92 Å². The van der Waals surface area contributed by atoms with Gasteiger partial charge >= 0.3 is 6.18 Å². The van der Waals surface area contributed by atoms with Crippen LogP contribution in [-0.2, 0) is 22.3 Å². The highest BCUT2D eigenvalue weighted by Gasteiger charge is 2.30. The summed E-state index contributed by atoms with van der Waals surface area (Å²) in [6, 6.07) is 13.4. The summed E-state index contributed by atoms with van der Waals surface area (Å²) in [5.74, 6) is -0.0169. The van der Waals surface area contributed by atoms with Crippen molar-refractivity contribution < 1.29 is 27.2 Å². The van der Waals surface area contributed by atoms with Gasteiger partial charge in [0.2, 0.25) is 17.6 Å². The van der Waals surface area contributed by atoms with Crippen molar-refractivity contribution in [3.8, 4) is 11.4 Å². The van der Waals surface area contributed by atoms with Crippen LogP contribution in [0.2, 0.25) is 0 Å². The number of hydrogen-bond acceptors (Lipinski definition) is 5. The second-order valence-electron chi connectivity index (χ2n) is 7.44. The Hall–Kier alpha value is -3.20. The molecule has 9 heteroatoms. The molecule has 2 atom stereocenters. The van der Waals surface area contributed by atoms with Crippen LogP contribution in [0.25, 0.3) is 11.4 Å². The summed E-state index contributed by atoms with van der Waals surface area (Å²) in [6.45, 7) is 4.06. The zero-order chi connectivity index (χ0) is 23.1. The number of nitrogens with one attached hydrogen (secondary N) is 1. The predicted molar refractivity (Wildman–Crippen MR) is 111 cm³/mol. The van der Waals surface area contributed by atoms with Crippen LogP contribution in [0.1, 0.15) is 43.3 Å². The minimum absolute atomic E-state index is 0.0195. The van der Waals surface area contributed by atoms with E-state index in [1.807, 2.05) is 44.2 Å². The molecule has 0 unspecified atom stereocenters. The van der Waals surface area contributed by atoms with Crippen LogP contribution >= 0.6 is 0 Å². The molecule has 1 aromatic heterocycles. The number of nitrogens with zero attached hydrogens (tertiary/aromatic N) is 2. The molecule has 0 aliphatic carbocycles. The van der Waals surface area contributed by atoms with Crippen LogP contribution in [0.5, 0.6) is 0 Å². The predicted octanol–water partition coefficient (Wildman–Crippen LogP) is 5.18. The van der Waals surface area contributed by atoms with Crippen molar-refractivity contribution in [2.75, 3.05) is 6.61 Å². The van der Waals surface area contributed by atoms with Gasteiger partial charge in [-0.1, -0.05) is 67.9 Å². The summed E-state index contributed by atoms with van der Waals surface area (Å²) < 4.78 is 49.1. The summed E-state index contributed by atoms with van der Waals surface area (Å²) in [6.07, 6.45) is -3.69. The third-order valence-corrected chi connectivity index (χ3v) is 5.05. The highest BCUT2D eigenvalue weighted by Crippen LogP contribution is 2.31. The van der Waals surface area contributed by atoms with Gasteiger partial charge in [-0.25, -0.2) is 0 Å². The van der Waals surface area contributed by atoms with Crippen molar-refractivity contribution in [3.05, 3.63) is 71.6 Å². The highest BCUT2D eigenvalue weighted by atomic mass is 19.4. The zero-order valence-electron chi connectivity index (χ0n) is 17.7. The number of aromatic nitrogens is 2. The first kappa shape index (κ1) is 23.5. The first-order valence-electron chi connectivity index (χ1n) is 10.2. The van der Waals surface area contributed by atoms with E-state index in [0.29, 0.717) is 12.2 Å². The number of halogens is 3. The number of benzene rings is 2. The van der Waals surface area contributed by atoms with Gasteiger partial charge in [0.05, 0.1) is 12.2 Å². The van der Waals surface area contributed by atoms with Gasteiger partial charge in [-0.2, -0.15) is 18.2 Å². The van der Waals surface area contributed by atoms with Crippen LogP contribution in [0.3, 0.4) is 0 Å². The fourth-order valence-corrected chi connectivity index (χ4v) is 3.02. The molecule has 1 heterocycles. The lowest BCUT2D eigenvalue weighted by molar-refractivity contribution is -0.137. The standard InChI is InChI=1S/C23H24F3N3O3/c1-3-15(2)20(27-19(30)14-31-13-16-7-5-4-6-8-16)22-28-21(29-32-22)17-9-11-18(12-10-17)23(24,25)26/h4-12,15,20H,3,13-14H2,1-2H3,(H,27,30)/t15-,20+/m0/s1. The molecule has 0 spiro atoms. The summed E-state index contributed by atoms with van der Waals surface area (Å²) in [7, 11) is 0. The molecule has 6 nitrogen and oxygen atoms in total. The quantitative estimate of drug-likeness (QED) is 0.489. The van der Waals surface area contributed by atoms with Gasteiger partial charge in [-0.05, 0) is 23.6 Å². The van der Waals surface area contributed by atoms with Crippen LogP contribution < -0.4 is 5.32 Å². The molecule has 0 radical (unpaired) electrons. The third-order valence-electron chi connectivity index (χ3n) is 5.05. The van der Waals surface area contributed by atoms with Gasteiger partial charge in [0.1, 0.15) is 12.6 Å². The molecule has 1 N–H and O–H groups in total. The maximum Gasteiger partial charge on any atom is 0.416 e. The number of hydrogen-bond donors (Lipinski definition) is 1. The second kappa shape index (κ2) is 10.4. The van der Waals surface area contributed by atoms with E-state index in [9.17, 15) is 18.0 Å². The Morgan fingerprint density at radius 1 is 1.12 bits per heavy atom. The Labute approximate surface area is 183 Å². The number of amides is 1. The number of alkyl halides is 3. The molecule has 0 aliphatic heterocycles. The van der Waals surface area contributed by atoms with E-state index >= 15 is 0 Å².